The number of hydrogen-bond acceptors (Lipinski definition) is 7. The normalized spacial score (nSPS) is 23.4. The summed E-state index contributed by atoms with van der Waals surface area (Å²) in [5, 5.41) is 13.7. The van der Waals surface area contributed by atoms with Crippen LogP contribution in [0.5, 0.6) is 0 Å². The number of benzene rings is 1. The Morgan fingerprint density at radius 2 is 1.87 bits per heavy atom. The minimum absolute atomic E-state index is 0.139. The van der Waals surface area contributed by atoms with Crippen LogP contribution >= 0.6 is 11.8 Å². The van der Waals surface area contributed by atoms with E-state index < -0.39 is 17.0 Å². The summed E-state index contributed by atoms with van der Waals surface area (Å²) in [7, 11) is 0. The number of rotatable bonds is 5. The lowest BCUT2D eigenvalue weighted by atomic mass is 9.66. The van der Waals surface area contributed by atoms with Gasteiger partial charge in [0.1, 0.15) is 18.0 Å². The summed E-state index contributed by atoms with van der Waals surface area (Å²) in [5.74, 6) is 3.13. The third kappa shape index (κ3) is 3.31. The number of nitrogens with zero attached hydrogens (tertiary/aromatic N) is 7. The fourth-order valence-corrected chi connectivity index (χ4v) is 7.58. The van der Waals surface area contributed by atoms with E-state index >= 15 is 0 Å². The van der Waals surface area contributed by atoms with Gasteiger partial charge in [-0.1, -0.05) is 19.9 Å². The number of hydrogen-bond donors (Lipinski definition) is 0. The molecule has 0 unspecified atom stereocenters. The molecule has 194 valence electrons. The monoisotopic (exact) mass is 531 g/mol. The molecule has 0 radical (unpaired) electrons. The van der Waals surface area contributed by atoms with Crippen LogP contribution in [0.1, 0.15) is 61.1 Å². The first-order valence-corrected chi connectivity index (χ1v) is 14.1. The maximum Gasteiger partial charge on any atom is 0.252 e. The van der Waals surface area contributed by atoms with Crippen molar-refractivity contribution in [3.05, 3.63) is 76.8 Å². The highest BCUT2D eigenvalue weighted by Gasteiger charge is 2.65. The van der Waals surface area contributed by atoms with Gasteiger partial charge < -0.3 is 0 Å². The molecule has 1 saturated heterocycles. The van der Waals surface area contributed by atoms with Gasteiger partial charge in [0.25, 0.3) is 5.95 Å². The largest absolute Gasteiger partial charge is 0.252 e. The van der Waals surface area contributed by atoms with Gasteiger partial charge in [-0.3, -0.25) is 0 Å². The van der Waals surface area contributed by atoms with E-state index in [2.05, 4.69) is 39.1 Å². The third-order valence-corrected chi connectivity index (χ3v) is 10.2. The van der Waals surface area contributed by atoms with Crippen molar-refractivity contribution < 1.29 is 8.78 Å². The molecule has 0 N–H and O–H groups in total. The summed E-state index contributed by atoms with van der Waals surface area (Å²) < 4.78 is 30.8. The molecule has 0 amide bonds. The number of thioether (sulfide) groups is 1. The summed E-state index contributed by atoms with van der Waals surface area (Å²) in [4.78, 5) is 14.2. The standard InChI is InChI=1S/C28H27F2N7S/c1-15-9-22(33-26(32-15)37-14-31-23(36-37)10-16-12-38-13-16)28-8-7-18(27(28,2)3)17-11-21(34-35-25(17)28)24-19(29)5-4-6-20(24)30/h4-6,9,11,14,16,18H,7-8,10,12-13H2,1-3H3/t18-,28-/m0/s1. The smallest absolute Gasteiger partial charge is 0.219 e. The molecule has 0 spiro atoms. The molecule has 1 saturated carbocycles. The minimum Gasteiger partial charge on any atom is -0.219 e. The van der Waals surface area contributed by atoms with E-state index in [-0.39, 0.29) is 22.6 Å². The average Bonchev–Trinajstić information content (AvgIpc) is 3.49. The van der Waals surface area contributed by atoms with Gasteiger partial charge in [-0.05, 0) is 78.4 Å². The topological polar surface area (TPSA) is 82.3 Å². The quantitative estimate of drug-likeness (QED) is 0.350. The molecular weight excluding hydrogens is 504 g/mol. The van der Waals surface area contributed by atoms with Crippen molar-refractivity contribution in [2.24, 2.45) is 11.3 Å². The zero-order valence-corrected chi connectivity index (χ0v) is 22.3. The second-order valence-corrected chi connectivity index (χ2v) is 12.3. The fourth-order valence-electron chi connectivity index (χ4n) is 6.78. The molecular formula is C28H27F2N7S. The van der Waals surface area contributed by atoms with Gasteiger partial charge in [0.15, 0.2) is 5.82 Å². The third-order valence-electron chi connectivity index (χ3n) is 8.80. The van der Waals surface area contributed by atoms with E-state index in [0.717, 1.165) is 59.2 Å². The second-order valence-electron chi connectivity index (χ2n) is 11.3. The van der Waals surface area contributed by atoms with Crippen molar-refractivity contribution in [3.8, 4) is 17.2 Å². The van der Waals surface area contributed by atoms with Crippen LogP contribution in [0.15, 0.2) is 36.7 Å². The van der Waals surface area contributed by atoms with E-state index in [1.165, 1.54) is 18.2 Å². The molecule has 2 fully saturated rings. The van der Waals surface area contributed by atoms with E-state index in [1.54, 1.807) is 11.0 Å². The SMILES string of the molecule is Cc1cc([C@@]23CC[C@@H](c4cc(-c5c(F)cccc5F)nnc42)C3(C)C)nc(-n2cnc(CC3CSC3)n2)n1. The van der Waals surface area contributed by atoms with Crippen molar-refractivity contribution >= 4 is 11.8 Å². The van der Waals surface area contributed by atoms with Gasteiger partial charge in [0, 0.05) is 12.1 Å². The highest BCUT2D eigenvalue weighted by atomic mass is 32.2. The van der Waals surface area contributed by atoms with Crippen LogP contribution in [0.25, 0.3) is 17.2 Å². The van der Waals surface area contributed by atoms with Gasteiger partial charge in [-0.2, -0.15) is 21.5 Å². The lowest BCUT2D eigenvalue weighted by molar-refractivity contribution is 0.242. The van der Waals surface area contributed by atoms with Crippen LogP contribution in [-0.2, 0) is 11.8 Å². The first kappa shape index (κ1) is 23.8. The Hall–Kier alpha value is -3.27. The number of aromatic nitrogens is 7. The van der Waals surface area contributed by atoms with E-state index in [1.807, 2.05) is 30.8 Å². The predicted octanol–water partition coefficient (Wildman–Crippen LogP) is 5.21. The molecule has 3 aromatic heterocycles. The first-order valence-electron chi connectivity index (χ1n) is 13.0. The molecule has 1 aromatic carbocycles. The molecule has 7 nitrogen and oxygen atoms in total. The molecule has 4 heterocycles. The van der Waals surface area contributed by atoms with Crippen LogP contribution in [0.2, 0.25) is 0 Å². The lowest BCUT2D eigenvalue weighted by Gasteiger charge is -2.37. The van der Waals surface area contributed by atoms with E-state index in [0.29, 0.717) is 11.9 Å². The molecule has 38 heavy (non-hydrogen) atoms. The van der Waals surface area contributed by atoms with Crippen LogP contribution in [0.3, 0.4) is 0 Å². The predicted molar refractivity (Wildman–Crippen MR) is 140 cm³/mol. The summed E-state index contributed by atoms with van der Waals surface area (Å²) in [6, 6.07) is 7.70. The van der Waals surface area contributed by atoms with Gasteiger partial charge in [-0.25, -0.2) is 23.7 Å². The zero-order valence-electron chi connectivity index (χ0n) is 21.4. The van der Waals surface area contributed by atoms with E-state index in [4.69, 9.17) is 4.98 Å². The van der Waals surface area contributed by atoms with Gasteiger partial charge in [-0.15, -0.1) is 10.2 Å². The fraction of sp³-hybridized carbons (Fsp3) is 0.429. The Bertz CT molecular complexity index is 1560. The lowest BCUT2D eigenvalue weighted by Crippen LogP contribution is -2.38. The van der Waals surface area contributed by atoms with Crippen LogP contribution in [0.4, 0.5) is 8.78 Å². The van der Waals surface area contributed by atoms with Crippen LogP contribution < -0.4 is 0 Å². The maximum atomic E-state index is 14.6. The molecule has 2 atom stereocenters. The second kappa shape index (κ2) is 8.36. The van der Waals surface area contributed by atoms with Crippen molar-refractivity contribution in [3.63, 3.8) is 0 Å². The minimum atomic E-state index is -0.643. The molecule has 7 rings (SSSR count). The van der Waals surface area contributed by atoms with Crippen LogP contribution in [-0.4, -0.2) is 46.4 Å². The van der Waals surface area contributed by atoms with Crippen molar-refractivity contribution in [2.75, 3.05) is 11.5 Å². The number of halogens is 2. The summed E-state index contributed by atoms with van der Waals surface area (Å²) in [5.41, 5.74) is 2.89. The Morgan fingerprint density at radius 3 is 2.61 bits per heavy atom. The summed E-state index contributed by atoms with van der Waals surface area (Å²) in [6.07, 6.45) is 4.34. The Kier molecular flexibility index (Phi) is 5.24. The number of fused-ring (bicyclic) bond motifs is 5. The van der Waals surface area contributed by atoms with Gasteiger partial charge in [0.05, 0.1) is 28.1 Å². The van der Waals surface area contributed by atoms with Gasteiger partial charge >= 0.3 is 0 Å². The van der Waals surface area contributed by atoms with Crippen molar-refractivity contribution in [2.45, 2.75) is 51.4 Å². The molecule has 10 heteroatoms. The van der Waals surface area contributed by atoms with Crippen molar-refractivity contribution in [1.29, 1.82) is 0 Å². The average molecular weight is 532 g/mol. The van der Waals surface area contributed by atoms with E-state index in [9.17, 15) is 8.78 Å². The molecule has 1 aliphatic heterocycles. The highest BCUT2D eigenvalue weighted by Crippen LogP contribution is 2.69. The summed E-state index contributed by atoms with van der Waals surface area (Å²) in [6.45, 7) is 6.42. The summed E-state index contributed by atoms with van der Waals surface area (Å²) >= 11 is 1.95. The maximum absolute atomic E-state index is 14.6. The Morgan fingerprint density at radius 1 is 1.08 bits per heavy atom. The van der Waals surface area contributed by atoms with Crippen LogP contribution in [0, 0.1) is 29.9 Å². The highest BCUT2D eigenvalue weighted by molar-refractivity contribution is 8.00. The number of aryl methyl sites for hydroxylation is 1. The molecule has 2 aliphatic carbocycles. The van der Waals surface area contributed by atoms with Gasteiger partial charge in [0.2, 0.25) is 0 Å². The first-order chi connectivity index (χ1) is 18.3. The molecule has 2 bridgehead atoms. The Labute approximate surface area is 223 Å². The molecule has 4 aromatic rings. The molecule has 3 aliphatic rings. The van der Waals surface area contributed by atoms with Crippen molar-refractivity contribution in [1.82, 2.24) is 34.9 Å². The zero-order chi connectivity index (χ0) is 26.2. The Balaban J connectivity index is 1.33.